The summed E-state index contributed by atoms with van der Waals surface area (Å²) < 4.78 is 30.0. The molecule has 0 bridgehead atoms. The van der Waals surface area contributed by atoms with Crippen molar-refractivity contribution < 1.29 is 18.3 Å². The van der Waals surface area contributed by atoms with Crippen LogP contribution in [0.15, 0.2) is 6.07 Å². The lowest BCUT2D eigenvalue weighted by molar-refractivity contribution is -0.142. The fourth-order valence-corrected chi connectivity index (χ4v) is 1.66. The van der Waals surface area contributed by atoms with E-state index in [0.29, 0.717) is 5.56 Å². The van der Waals surface area contributed by atoms with Crippen molar-refractivity contribution in [2.75, 3.05) is 6.61 Å². The van der Waals surface area contributed by atoms with Gasteiger partial charge in [-0.05, 0) is 18.6 Å². The van der Waals surface area contributed by atoms with Gasteiger partial charge in [0.1, 0.15) is 5.15 Å². The van der Waals surface area contributed by atoms with Gasteiger partial charge in [-0.3, -0.25) is 4.79 Å². The second kappa shape index (κ2) is 6.61. The molecule has 2 N–H and O–H groups in total. The molecule has 0 unspecified atom stereocenters. The number of hydrogen-bond acceptors (Lipinski definition) is 4. The Morgan fingerprint density at radius 1 is 1.61 bits per heavy atom. The zero-order valence-electron chi connectivity index (χ0n) is 9.75. The minimum absolute atomic E-state index is 0.00136. The Morgan fingerprint density at radius 3 is 2.78 bits per heavy atom. The molecule has 0 aliphatic rings. The standard InChI is InChI=1S/C11H13ClF2N2O2/c1-2-18-9(17)4-8-6(5-15)3-7(11(13)14)10(12)16-8/h3,11H,2,4-5,15H2,1H3. The molecule has 1 aromatic heterocycles. The van der Waals surface area contributed by atoms with Gasteiger partial charge in [0, 0.05) is 6.54 Å². The summed E-state index contributed by atoms with van der Waals surface area (Å²) in [5, 5.41) is -0.318. The van der Waals surface area contributed by atoms with E-state index in [-0.39, 0.29) is 36.0 Å². The number of aromatic nitrogens is 1. The maximum atomic E-state index is 12.6. The monoisotopic (exact) mass is 278 g/mol. The number of ether oxygens (including phenoxy) is 1. The van der Waals surface area contributed by atoms with Crippen LogP contribution in [-0.2, 0) is 22.5 Å². The minimum Gasteiger partial charge on any atom is -0.466 e. The Kier molecular flexibility index (Phi) is 5.43. The maximum Gasteiger partial charge on any atom is 0.311 e. The Morgan fingerprint density at radius 2 is 2.28 bits per heavy atom. The Labute approximate surface area is 108 Å². The molecule has 0 saturated heterocycles. The van der Waals surface area contributed by atoms with Gasteiger partial charge in [-0.15, -0.1) is 0 Å². The van der Waals surface area contributed by atoms with Crippen LogP contribution in [0.3, 0.4) is 0 Å². The normalized spacial score (nSPS) is 10.8. The summed E-state index contributed by atoms with van der Waals surface area (Å²) in [5.41, 5.74) is 5.69. The van der Waals surface area contributed by atoms with Crippen molar-refractivity contribution in [3.63, 3.8) is 0 Å². The zero-order chi connectivity index (χ0) is 13.7. The van der Waals surface area contributed by atoms with Crippen molar-refractivity contribution in [3.8, 4) is 0 Å². The first-order valence-corrected chi connectivity index (χ1v) is 5.69. The highest BCUT2D eigenvalue weighted by Crippen LogP contribution is 2.27. The lowest BCUT2D eigenvalue weighted by Gasteiger charge is -2.10. The third-order valence-electron chi connectivity index (χ3n) is 2.24. The molecule has 1 heterocycles. The first kappa shape index (κ1) is 14.8. The molecule has 0 fully saturated rings. The van der Waals surface area contributed by atoms with Crippen LogP contribution in [0.25, 0.3) is 0 Å². The lowest BCUT2D eigenvalue weighted by atomic mass is 10.1. The van der Waals surface area contributed by atoms with Gasteiger partial charge in [-0.2, -0.15) is 0 Å². The Balaban J connectivity index is 3.05. The largest absolute Gasteiger partial charge is 0.466 e. The first-order chi connectivity index (χ1) is 8.49. The topological polar surface area (TPSA) is 65.2 Å². The second-order valence-electron chi connectivity index (χ2n) is 3.46. The first-order valence-electron chi connectivity index (χ1n) is 5.31. The van der Waals surface area contributed by atoms with Crippen molar-refractivity contribution in [1.82, 2.24) is 4.98 Å². The molecule has 1 aromatic rings. The Bertz CT molecular complexity index is 441. The number of nitrogens with two attached hydrogens (primary N) is 1. The van der Waals surface area contributed by atoms with Gasteiger partial charge < -0.3 is 10.5 Å². The number of hydrogen-bond donors (Lipinski definition) is 1. The van der Waals surface area contributed by atoms with E-state index in [1.807, 2.05) is 0 Å². The molecule has 0 atom stereocenters. The van der Waals surface area contributed by atoms with E-state index < -0.39 is 12.4 Å². The highest BCUT2D eigenvalue weighted by Gasteiger charge is 2.18. The van der Waals surface area contributed by atoms with E-state index in [1.165, 1.54) is 6.07 Å². The van der Waals surface area contributed by atoms with Crippen molar-refractivity contribution in [3.05, 3.63) is 28.0 Å². The number of esters is 1. The number of nitrogens with zero attached hydrogens (tertiary/aromatic N) is 1. The van der Waals surface area contributed by atoms with E-state index in [2.05, 4.69) is 4.98 Å². The predicted molar refractivity (Wildman–Crippen MR) is 62.4 cm³/mol. The third kappa shape index (κ3) is 3.61. The van der Waals surface area contributed by atoms with Crippen LogP contribution in [0.4, 0.5) is 8.78 Å². The van der Waals surface area contributed by atoms with Crippen LogP contribution in [0, 0.1) is 0 Å². The van der Waals surface area contributed by atoms with E-state index in [1.54, 1.807) is 6.92 Å². The van der Waals surface area contributed by atoms with Crippen LogP contribution >= 0.6 is 11.6 Å². The summed E-state index contributed by atoms with van der Waals surface area (Å²) in [5.74, 6) is -0.499. The molecule has 18 heavy (non-hydrogen) atoms. The van der Waals surface area contributed by atoms with Crippen molar-refractivity contribution in [1.29, 1.82) is 0 Å². The number of alkyl halides is 2. The summed E-state index contributed by atoms with van der Waals surface area (Å²) in [7, 11) is 0. The molecule has 0 amide bonds. The average molecular weight is 279 g/mol. The van der Waals surface area contributed by atoms with Gasteiger partial charge in [-0.25, -0.2) is 13.8 Å². The van der Waals surface area contributed by atoms with Gasteiger partial charge >= 0.3 is 5.97 Å². The molecule has 0 aliphatic carbocycles. The molecule has 100 valence electrons. The summed E-state index contributed by atoms with van der Waals surface area (Å²) in [4.78, 5) is 15.1. The van der Waals surface area contributed by atoms with E-state index >= 15 is 0 Å². The zero-order valence-corrected chi connectivity index (χ0v) is 10.5. The summed E-state index contributed by atoms with van der Waals surface area (Å²) >= 11 is 5.63. The number of rotatable bonds is 5. The predicted octanol–water partition coefficient (Wildman–Crippen LogP) is 2.24. The van der Waals surface area contributed by atoms with Crippen molar-refractivity contribution >= 4 is 17.6 Å². The summed E-state index contributed by atoms with van der Waals surface area (Å²) in [6.07, 6.45) is -2.86. The molecule has 0 aromatic carbocycles. The number of carbonyl (C=O) groups excluding carboxylic acids is 1. The van der Waals surface area contributed by atoms with E-state index in [9.17, 15) is 13.6 Å². The summed E-state index contributed by atoms with van der Waals surface area (Å²) in [6.45, 7) is 1.90. The van der Waals surface area contributed by atoms with Gasteiger partial charge in [0.05, 0.1) is 24.3 Å². The number of carbonyl (C=O) groups is 1. The van der Waals surface area contributed by atoms with Gasteiger partial charge in [-0.1, -0.05) is 11.6 Å². The summed E-state index contributed by atoms with van der Waals surface area (Å²) in [6, 6.07) is 1.18. The SMILES string of the molecule is CCOC(=O)Cc1nc(Cl)c(C(F)F)cc1CN. The van der Waals surface area contributed by atoms with Gasteiger partial charge in [0.15, 0.2) is 0 Å². The highest BCUT2D eigenvalue weighted by molar-refractivity contribution is 6.30. The molecule has 0 aliphatic heterocycles. The van der Waals surface area contributed by atoms with Crippen LogP contribution < -0.4 is 5.73 Å². The molecule has 4 nitrogen and oxygen atoms in total. The number of pyridine rings is 1. The van der Waals surface area contributed by atoms with Crippen LogP contribution in [0.2, 0.25) is 5.15 Å². The Hall–Kier alpha value is -1.27. The van der Waals surface area contributed by atoms with Crippen LogP contribution in [-0.4, -0.2) is 17.6 Å². The average Bonchev–Trinajstić information content (AvgIpc) is 2.29. The smallest absolute Gasteiger partial charge is 0.311 e. The fraction of sp³-hybridized carbons (Fsp3) is 0.455. The second-order valence-corrected chi connectivity index (χ2v) is 3.82. The van der Waals surface area contributed by atoms with Gasteiger partial charge in [0.2, 0.25) is 0 Å². The van der Waals surface area contributed by atoms with Crippen LogP contribution in [0.1, 0.15) is 30.2 Å². The third-order valence-corrected chi connectivity index (χ3v) is 2.55. The molecule has 0 radical (unpaired) electrons. The van der Waals surface area contributed by atoms with E-state index in [4.69, 9.17) is 22.1 Å². The van der Waals surface area contributed by atoms with Crippen molar-refractivity contribution in [2.24, 2.45) is 5.73 Å². The van der Waals surface area contributed by atoms with Gasteiger partial charge in [0.25, 0.3) is 6.43 Å². The molecule has 7 heteroatoms. The lowest BCUT2D eigenvalue weighted by Crippen LogP contribution is -2.13. The molecule has 0 spiro atoms. The molecule has 1 rings (SSSR count). The molecular weight excluding hydrogens is 266 g/mol. The van der Waals surface area contributed by atoms with E-state index in [0.717, 1.165) is 0 Å². The highest BCUT2D eigenvalue weighted by atomic mass is 35.5. The molecular formula is C11H13ClF2N2O2. The fourth-order valence-electron chi connectivity index (χ4n) is 1.42. The number of halogens is 3. The quantitative estimate of drug-likeness (QED) is 0.663. The van der Waals surface area contributed by atoms with Crippen molar-refractivity contribution in [2.45, 2.75) is 26.3 Å². The minimum atomic E-state index is -2.73. The molecule has 0 saturated carbocycles. The van der Waals surface area contributed by atoms with Crippen LogP contribution in [0.5, 0.6) is 0 Å². The maximum absolute atomic E-state index is 12.6.